The van der Waals surface area contributed by atoms with Gasteiger partial charge in [0.05, 0.1) is 12.0 Å². The number of ether oxygens (including phenoxy) is 1. The number of likely N-dealkylation sites (tertiary alicyclic amines) is 1. The van der Waals surface area contributed by atoms with E-state index in [1.165, 1.54) is 0 Å². The van der Waals surface area contributed by atoms with Gasteiger partial charge in [0, 0.05) is 25.4 Å². The van der Waals surface area contributed by atoms with Crippen molar-refractivity contribution in [3.05, 3.63) is 29.3 Å². The highest BCUT2D eigenvalue weighted by Crippen LogP contribution is 2.40. The largest absolute Gasteiger partial charge is 0.486 e. The molecule has 1 fully saturated rings. The first-order valence-electron chi connectivity index (χ1n) is 7.02. The molecule has 1 saturated heterocycles. The second-order valence-electron chi connectivity index (χ2n) is 6.17. The van der Waals surface area contributed by atoms with Crippen molar-refractivity contribution in [1.82, 2.24) is 4.90 Å². The Hall–Kier alpha value is -1.35. The van der Waals surface area contributed by atoms with E-state index in [0.29, 0.717) is 12.5 Å². The average Bonchev–Trinajstić information content (AvgIpc) is 2.36. The predicted molar refractivity (Wildman–Crippen MR) is 74.8 cm³/mol. The number of hydrogen-bond acceptors (Lipinski definition) is 3. The van der Waals surface area contributed by atoms with E-state index in [1.54, 1.807) is 0 Å². The van der Waals surface area contributed by atoms with Crippen LogP contribution < -0.4 is 4.74 Å². The number of hydrogen-bond donors (Lipinski definition) is 0. The van der Waals surface area contributed by atoms with E-state index in [0.717, 1.165) is 36.3 Å². The molecule has 0 aromatic heterocycles. The standard InChI is InChI=1S/C16H21NO2/c1-11-4-5-15-13(8-11)14(18)10-16(19-15)6-7-17(3)12(2)9-16/h4-5,8,12H,6-7,9-10H2,1-3H3. The molecule has 0 radical (unpaired) electrons. The van der Waals surface area contributed by atoms with E-state index in [1.807, 2.05) is 25.1 Å². The van der Waals surface area contributed by atoms with Gasteiger partial charge in [0.15, 0.2) is 5.78 Å². The number of benzene rings is 1. The minimum Gasteiger partial charge on any atom is -0.486 e. The van der Waals surface area contributed by atoms with Crippen LogP contribution in [0.2, 0.25) is 0 Å². The molecule has 2 atom stereocenters. The summed E-state index contributed by atoms with van der Waals surface area (Å²) in [6.07, 6.45) is 2.40. The van der Waals surface area contributed by atoms with Crippen LogP contribution in [-0.4, -0.2) is 35.9 Å². The molecule has 0 bridgehead atoms. The first-order valence-corrected chi connectivity index (χ1v) is 7.02. The van der Waals surface area contributed by atoms with Gasteiger partial charge in [0.25, 0.3) is 0 Å². The SMILES string of the molecule is Cc1ccc2c(c1)C(=O)CC1(CCN(C)C(C)C1)O2. The summed E-state index contributed by atoms with van der Waals surface area (Å²) in [5.41, 5.74) is 1.60. The van der Waals surface area contributed by atoms with E-state index >= 15 is 0 Å². The number of Topliss-reactive ketones (excluding diaryl/α,β-unsaturated/α-hetero) is 1. The smallest absolute Gasteiger partial charge is 0.170 e. The molecule has 1 aromatic rings. The topological polar surface area (TPSA) is 29.5 Å². The molecule has 3 nitrogen and oxygen atoms in total. The van der Waals surface area contributed by atoms with Gasteiger partial charge in [0.2, 0.25) is 0 Å². The summed E-state index contributed by atoms with van der Waals surface area (Å²) in [6, 6.07) is 6.38. The second kappa shape index (κ2) is 4.34. The zero-order chi connectivity index (χ0) is 13.6. The van der Waals surface area contributed by atoms with E-state index in [-0.39, 0.29) is 11.4 Å². The molecule has 1 aromatic carbocycles. The van der Waals surface area contributed by atoms with Crippen molar-refractivity contribution in [3.8, 4) is 5.75 Å². The van der Waals surface area contributed by atoms with Crippen LogP contribution in [0.15, 0.2) is 18.2 Å². The molecule has 0 amide bonds. The Bertz CT molecular complexity index is 525. The highest BCUT2D eigenvalue weighted by atomic mass is 16.5. The van der Waals surface area contributed by atoms with Crippen molar-refractivity contribution < 1.29 is 9.53 Å². The quantitative estimate of drug-likeness (QED) is 0.717. The van der Waals surface area contributed by atoms with Crippen LogP contribution >= 0.6 is 0 Å². The molecule has 2 aliphatic heterocycles. The number of ketones is 1. The van der Waals surface area contributed by atoms with Crippen molar-refractivity contribution in [3.63, 3.8) is 0 Å². The number of rotatable bonds is 0. The maximum Gasteiger partial charge on any atom is 0.170 e. The number of carbonyl (C=O) groups excluding carboxylic acids is 1. The van der Waals surface area contributed by atoms with Crippen LogP contribution in [0.5, 0.6) is 5.75 Å². The Morgan fingerprint density at radius 2 is 2.21 bits per heavy atom. The minimum atomic E-state index is -0.273. The summed E-state index contributed by atoms with van der Waals surface area (Å²) in [7, 11) is 2.14. The molecule has 0 saturated carbocycles. The van der Waals surface area contributed by atoms with Gasteiger partial charge in [-0.3, -0.25) is 4.79 Å². The van der Waals surface area contributed by atoms with Gasteiger partial charge < -0.3 is 9.64 Å². The number of fused-ring (bicyclic) bond motifs is 1. The van der Waals surface area contributed by atoms with Crippen LogP contribution in [0.1, 0.15) is 42.1 Å². The molecule has 2 heterocycles. The number of aryl methyl sites for hydroxylation is 1. The summed E-state index contributed by atoms with van der Waals surface area (Å²) in [6.45, 7) is 5.21. The highest BCUT2D eigenvalue weighted by Gasteiger charge is 2.44. The van der Waals surface area contributed by atoms with Gasteiger partial charge in [0.1, 0.15) is 11.4 Å². The third-order valence-electron chi connectivity index (χ3n) is 4.58. The lowest BCUT2D eigenvalue weighted by Crippen LogP contribution is -2.53. The van der Waals surface area contributed by atoms with Crippen molar-refractivity contribution in [2.75, 3.05) is 13.6 Å². The van der Waals surface area contributed by atoms with Gasteiger partial charge in [-0.2, -0.15) is 0 Å². The molecule has 2 unspecified atom stereocenters. The zero-order valence-corrected chi connectivity index (χ0v) is 11.9. The number of carbonyl (C=O) groups is 1. The third-order valence-corrected chi connectivity index (χ3v) is 4.58. The molecule has 2 aliphatic rings. The predicted octanol–water partition coefficient (Wildman–Crippen LogP) is 2.81. The maximum absolute atomic E-state index is 12.4. The molecule has 1 spiro atoms. The second-order valence-corrected chi connectivity index (χ2v) is 6.17. The van der Waals surface area contributed by atoms with Crippen LogP contribution in [0, 0.1) is 6.92 Å². The Balaban J connectivity index is 1.93. The van der Waals surface area contributed by atoms with Crippen molar-refractivity contribution >= 4 is 5.78 Å². The van der Waals surface area contributed by atoms with E-state index in [2.05, 4.69) is 18.9 Å². The van der Waals surface area contributed by atoms with Gasteiger partial charge >= 0.3 is 0 Å². The molecule has 3 heteroatoms. The molecule has 102 valence electrons. The normalized spacial score (nSPS) is 31.1. The Labute approximate surface area is 114 Å². The Morgan fingerprint density at radius 1 is 1.42 bits per heavy atom. The Kier molecular flexibility index (Phi) is 2.90. The molecule has 0 N–H and O–H groups in total. The lowest BCUT2D eigenvalue weighted by molar-refractivity contribution is -0.0228. The Morgan fingerprint density at radius 3 is 2.95 bits per heavy atom. The fraction of sp³-hybridized carbons (Fsp3) is 0.562. The fourth-order valence-electron chi connectivity index (χ4n) is 3.26. The van der Waals surface area contributed by atoms with Gasteiger partial charge in [-0.15, -0.1) is 0 Å². The van der Waals surface area contributed by atoms with Crippen LogP contribution in [0.3, 0.4) is 0 Å². The highest BCUT2D eigenvalue weighted by molar-refractivity contribution is 6.00. The van der Waals surface area contributed by atoms with Gasteiger partial charge in [-0.25, -0.2) is 0 Å². The van der Waals surface area contributed by atoms with Crippen molar-refractivity contribution in [1.29, 1.82) is 0 Å². The summed E-state index contributed by atoms with van der Waals surface area (Å²) in [5.74, 6) is 1.01. The van der Waals surface area contributed by atoms with Gasteiger partial charge in [-0.1, -0.05) is 11.6 Å². The maximum atomic E-state index is 12.4. The van der Waals surface area contributed by atoms with Crippen LogP contribution in [0.25, 0.3) is 0 Å². The summed E-state index contributed by atoms with van der Waals surface area (Å²) < 4.78 is 6.26. The summed E-state index contributed by atoms with van der Waals surface area (Å²) in [4.78, 5) is 14.7. The monoisotopic (exact) mass is 259 g/mol. The molecule has 19 heavy (non-hydrogen) atoms. The van der Waals surface area contributed by atoms with Crippen LogP contribution in [0.4, 0.5) is 0 Å². The van der Waals surface area contributed by atoms with Crippen LogP contribution in [-0.2, 0) is 0 Å². The molecular formula is C16H21NO2. The number of nitrogens with zero attached hydrogens (tertiary/aromatic N) is 1. The third kappa shape index (κ3) is 2.16. The van der Waals surface area contributed by atoms with E-state index in [9.17, 15) is 4.79 Å². The lowest BCUT2D eigenvalue weighted by Gasteiger charge is -2.46. The van der Waals surface area contributed by atoms with Gasteiger partial charge in [-0.05, 0) is 33.0 Å². The number of piperidine rings is 1. The summed E-state index contributed by atoms with van der Waals surface area (Å²) >= 11 is 0. The lowest BCUT2D eigenvalue weighted by atomic mass is 9.80. The van der Waals surface area contributed by atoms with Crippen molar-refractivity contribution in [2.45, 2.75) is 44.8 Å². The minimum absolute atomic E-state index is 0.238. The molecule has 0 aliphatic carbocycles. The average molecular weight is 259 g/mol. The fourth-order valence-corrected chi connectivity index (χ4v) is 3.26. The first kappa shape index (κ1) is 12.7. The molecular weight excluding hydrogens is 238 g/mol. The van der Waals surface area contributed by atoms with E-state index in [4.69, 9.17) is 4.74 Å². The zero-order valence-electron chi connectivity index (χ0n) is 11.9. The van der Waals surface area contributed by atoms with Crippen molar-refractivity contribution in [2.24, 2.45) is 0 Å². The molecule has 3 rings (SSSR count). The summed E-state index contributed by atoms with van der Waals surface area (Å²) in [5, 5.41) is 0. The first-order chi connectivity index (χ1) is 8.99. The van der Waals surface area contributed by atoms with E-state index < -0.39 is 0 Å².